The molecule has 7 heavy (non-hydrogen) atoms. The van der Waals surface area contributed by atoms with Gasteiger partial charge in [-0.3, -0.25) is 0 Å². The van der Waals surface area contributed by atoms with Crippen LogP contribution in [-0.4, -0.2) is 20.0 Å². The van der Waals surface area contributed by atoms with Gasteiger partial charge in [0.1, 0.15) is 0 Å². The first-order valence-electron chi connectivity index (χ1n) is 2.28. The van der Waals surface area contributed by atoms with Crippen molar-refractivity contribution in [1.29, 1.82) is 0 Å². The van der Waals surface area contributed by atoms with E-state index in [1.54, 1.807) is 7.11 Å². The van der Waals surface area contributed by atoms with Gasteiger partial charge in [0.15, 0.2) is 6.29 Å². The van der Waals surface area contributed by atoms with Gasteiger partial charge in [0.2, 0.25) is 0 Å². The smallest absolute Gasteiger partial charge is 0.157 e. The molecule has 2 heteroatoms. The van der Waals surface area contributed by atoms with Crippen LogP contribution in [0, 0.1) is 6.92 Å². The lowest BCUT2D eigenvalue weighted by atomic mass is 10.7. The van der Waals surface area contributed by atoms with Gasteiger partial charge >= 0.3 is 0 Å². The summed E-state index contributed by atoms with van der Waals surface area (Å²) in [5.41, 5.74) is 0. The zero-order valence-corrected chi connectivity index (χ0v) is 4.81. The molecule has 0 saturated heterocycles. The topological polar surface area (TPSA) is 18.5 Å². The van der Waals surface area contributed by atoms with Crippen molar-refractivity contribution in [2.45, 2.75) is 13.2 Å². The van der Waals surface area contributed by atoms with Gasteiger partial charge < -0.3 is 9.47 Å². The molecular weight excluding hydrogens is 92.1 g/mol. The lowest BCUT2D eigenvalue weighted by Gasteiger charge is -2.06. The molecule has 43 valence electrons. The van der Waals surface area contributed by atoms with Crippen molar-refractivity contribution in [3.8, 4) is 0 Å². The maximum absolute atomic E-state index is 4.86. The van der Waals surface area contributed by atoms with E-state index >= 15 is 0 Å². The van der Waals surface area contributed by atoms with Crippen LogP contribution in [0.4, 0.5) is 0 Å². The Morgan fingerprint density at radius 2 is 2.29 bits per heavy atom. The average molecular weight is 103 g/mol. The van der Waals surface area contributed by atoms with Crippen molar-refractivity contribution >= 4 is 0 Å². The predicted octanol–water partition coefficient (Wildman–Crippen LogP) is 0.829. The maximum Gasteiger partial charge on any atom is 0.157 e. The molecule has 2 nitrogen and oxygen atoms in total. The molecule has 0 aromatic carbocycles. The second-order valence-corrected chi connectivity index (χ2v) is 1.12. The van der Waals surface area contributed by atoms with Gasteiger partial charge in [-0.2, -0.15) is 0 Å². The van der Waals surface area contributed by atoms with Gasteiger partial charge in [-0.15, -0.1) is 0 Å². The molecular formula is C5H11O2. The van der Waals surface area contributed by atoms with Gasteiger partial charge in [0.05, 0.1) is 0 Å². The fraction of sp³-hybridized carbons (Fsp3) is 0.800. The first-order chi connectivity index (χ1) is 3.31. The van der Waals surface area contributed by atoms with Crippen LogP contribution in [0.25, 0.3) is 0 Å². The molecule has 0 N–H and O–H groups in total. The molecule has 0 aliphatic heterocycles. The van der Waals surface area contributed by atoms with Crippen LogP contribution in [0.5, 0.6) is 0 Å². The van der Waals surface area contributed by atoms with E-state index in [1.807, 2.05) is 6.92 Å². The molecule has 1 radical (unpaired) electrons. The first-order valence-corrected chi connectivity index (χ1v) is 2.28. The Hall–Kier alpha value is -0.0800. The highest BCUT2D eigenvalue weighted by Gasteiger charge is 1.92. The van der Waals surface area contributed by atoms with E-state index in [2.05, 4.69) is 11.7 Å². The third-order valence-corrected chi connectivity index (χ3v) is 0.615. The van der Waals surface area contributed by atoms with Crippen LogP contribution in [0.3, 0.4) is 0 Å². The van der Waals surface area contributed by atoms with E-state index in [-0.39, 0.29) is 6.29 Å². The van der Waals surface area contributed by atoms with Gasteiger partial charge in [-0.1, -0.05) is 0 Å². The minimum absolute atomic E-state index is 0.301. The van der Waals surface area contributed by atoms with Crippen LogP contribution >= 0.6 is 0 Å². The van der Waals surface area contributed by atoms with Gasteiger partial charge in [-0.05, 0) is 6.92 Å². The zero-order valence-electron chi connectivity index (χ0n) is 4.81. The highest BCUT2D eigenvalue weighted by atomic mass is 16.7. The SMILES string of the molecule is [CH2]C(OC)OCC. The van der Waals surface area contributed by atoms with Crippen molar-refractivity contribution in [2.75, 3.05) is 13.7 Å². The number of ether oxygens (including phenoxy) is 2. The van der Waals surface area contributed by atoms with E-state index < -0.39 is 0 Å². The van der Waals surface area contributed by atoms with Crippen LogP contribution in [-0.2, 0) is 9.47 Å². The summed E-state index contributed by atoms with van der Waals surface area (Å²) in [6.45, 7) is 6.06. The second kappa shape index (κ2) is 4.09. The monoisotopic (exact) mass is 103 g/mol. The molecule has 0 heterocycles. The average Bonchev–Trinajstić information content (AvgIpc) is 1.68. The number of hydrogen-bond donors (Lipinski definition) is 0. The summed E-state index contributed by atoms with van der Waals surface area (Å²) < 4.78 is 9.51. The third kappa shape index (κ3) is 3.76. The third-order valence-electron chi connectivity index (χ3n) is 0.615. The minimum atomic E-state index is -0.301. The highest BCUT2D eigenvalue weighted by molar-refractivity contribution is 4.39. The normalized spacial score (nSPS) is 14.1. The van der Waals surface area contributed by atoms with Gasteiger partial charge in [-0.25, -0.2) is 0 Å². The van der Waals surface area contributed by atoms with Crippen molar-refractivity contribution in [3.05, 3.63) is 6.92 Å². The fourth-order valence-corrected chi connectivity index (χ4v) is 0.254. The molecule has 0 amide bonds. The van der Waals surface area contributed by atoms with E-state index in [0.717, 1.165) is 0 Å². The van der Waals surface area contributed by atoms with E-state index in [4.69, 9.17) is 4.74 Å². The standard InChI is InChI=1S/C5H11O2/c1-4-7-5(2)6-3/h5H,2,4H2,1,3H3. The van der Waals surface area contributed by atoms with Crippen LogP contribution in [0.15, 0.2) is 0 Å². The summed E-state index contributed by atoms with van der Waals surface area (Å²) in [7, 11) is 1.56. The summed E-state index contributed by atoms with van der Waals surface area (Å²) in [5, 5.41) is 0. The molecule has 0 aliphatic carbocycles. The highest BCUT2D eigenvalue weighted by Crippen LogP contribution is 1.86. The molecule has 1 unspecified atom stereocenters. The Kier molecular flexibility index (Phi) is 4.04. The van der Waals surface area contributed by atoms with Crippen LogP contribution < -0.4 is 0 Å². The van der Waals surface area contributed by atoms with E-state index in [0.29, 0.717) is 6.61 Å². The number of hydrogen-bond acceptors (Lipinski definition) is 2. The molecule has 0 saturated carbocycles. The predicted molar refractivity (Wildman–Crippen MR) is 27.8 cm³/mol. The Balaban J connectivity index is 2.83. The van der Waals surface area contributed by atoms with Crippen molar-refractivity contribution in [3.63, 3.8) is 0 Å². The molecule has 0 aromatic heterocycles. The summed E-state index contributed by atoms with van der Waals surface area (Å²) in [4.78, 5) is 0. The molecule has 0 aliphatic rings. The van der Waals surface area contributed by atoms with Gasteiger partial charge in [0, 0.05) is 20.6 Å². The molecule has 1 atom stereocenters. The summed E-state index contributed by atoms with van der Waals surface area (Å²) in [6, 6.07) is 0. The van der Waals surface area contributed by atoms with E-state index in [1.165, 1.54) is 0 Å². The Morgan fingerprint density at radius 1 is 1.71 bits per heavy atom. The van der Waals surface area contributed by atoms with Crippen molar-refractivity contribution in [1.82, 2.24) is 0 Å². The van der Waals surface area contributed by atoms with Crippen molar-refractivity contribution < 1.29 is 9.47 Å². The lowest BCUT2D eigenvalue weighted by molar-refractivity contribution is -0.0881. The molecule has 0 fully saturated rings. The molecule has 0 spiro atoms. The lowest BCUT2D eigenvalue weighted by Crippen LogP contribution is -2.09. The fourth-order valence-electron chi connectivity index (χ4n) is 0.254. The molecule has 0 rings (SSSR count). The van der Waals surface area contributed by atoms with Crippen LogP contribution in [0.2, 0.25) is 0 Å². The summed E-state index contributed by atoms with van der Waals surface area (Å²) >= 11 is 0. The van der Waals surface area contributed by atoms with E-state index in [9.17, 15) is 0 Å². The summed E-state index contributed by atoms with van der Waals surface area (Å²) in [6.07, 6.45) is -0.301. The molecule has 0 aromatic rings. The summed E-state index contributed by atoms with van der Waals surface area (Å²) in [5.74, 6) is 0. The van der Waals surface area contributed by atoms with Gasteiger partial charge in [0.25, 0.3) is 0 Å². The maximum atomic E-state index is 4.86. The largest absolute Gasteiger partial charge is 0.356 e. The Labute approximate surface area is 44.4 Å². The second-order valence-electron chi connectivity index (χ2n) is 1.12. The van der Waals surface area contributed by atoms with Crippen LogP contribution in [0.1, 0.15) is 6.92 Å². The minimum Gasteiger partial charge on any atom is -0.356 e. The number of rotatable bonds is 3. The quantitative estimate of drug-likeness (QED) is 0.492. The molecule has 0 bridgehead atoms. The number of methoxy groups -OCH3 is 1. The Bertz CT molecular complexity index is 37.1. The first kappa shape index (κ1) is 6.92. The van der Waals surface area contributed by atoms with Crippen molar-refractivity contribution in [2.24, 2.45) is 0 Å². The Morgan fingerprint density at radius 3 is 2.43 bits per heavy atom. The zero-order chi connectivity index (χ0) is 5.70.